The Kier molecular flexibility index (Phi) is 11.9. The zero-order chi connectivity index (χ0) is 40.0. The Labute approximate surface area is 323 Å². The average molecular weight is 774 g/mol. The maximum atomic E-state index is 14.2. The molecule has 0 radical (unpaired) electrons. The summed E-state index contributed by atoms with van der Waals surface area (Å²) in [6.45, 7) is 17.3. The quantitative estimate of drug-likeness (QED) is 0.110. The van der Waals surface area contributed by atoms with E-state index in [9.17, 15) is 32.4 Å². The Morgan fingerprint density at radius 1 is 0.852 bits per heavy atom. The molecule has 5 fully saturated rings. The molecule has 5 rings (SSSR count). The topological polar surface area (TPSA) is 180 Å². The van der Waals surface area contributed by atoms with Gasteiger partial charge in [-0.15, -0.1) is 6.58 Å². The minimum atomic E-state index is -3.53. The monoisotopic (exact) mass is 773 g/mol. The Morgan fingerprint density at radius 3 is 2.00 bits per heavy atom. The van der Waals surface area contributed by atoms with Crippen molar-refractivity contribution >= 4 is 39.4 Å². The van der Waals surface area contributed by atoms with E-state index in [1.165, 1.54) is 6.08 Å². The minimum absolute atomic E-state index is 0.0140. The number of Topliss-reactive ketones (excluding diaryl/α,β-unsaturated/α-hetero) is 1. The van der Waals surface area contributed by atoms with Gasteiger partial charge >= 0.3 is 6.03 Å². The number of hydrogen-bond acceptors (Lipinski definition) is 7. The Hall–Kier alpha value is -2.96. The van der Waals surface area contributed by atoms with Crippen LogP contribution in [0.5, 0.6) is 0 Å². The molecule has 5 amide bonds. The van der Waals surface area contributed by atoms with Crippen molar-refractivity contribution in [1.82, 2.24) is 26.6 Å². The van der Waals surface area contributed by atoms with Crippen molar-refractivity contribution < 1.29 is 32.4 Å². The lowest BCUT2D eigenvalue weighted by molar-refractivity contribution is -0.140. The lowest BCUT2D eigenvalue weighted by Gasteiger charge is -2.42. The number of ketones is 1. The molecule has 5 aliphatic carbocycles. The standard InChI is InChI=1S/C41H67N5O7S/c1-9-22-42-32(48)30(47)28(23-27-16-17-27)44-34(50)39(8)25-41(39)29(37(41,5)6)24-43-33(49)31(38(7)18-12-10-13-19-38)45-35(51)46-40(20-14-11-15-21-40)26-54(52,53)36(2,3)4/h9,27-29,31H,1,10-26H2,2-8H3,(H,42,48)(H,43,49)(H,44,50)(H2,45,46,51)/t28?,29?,31-,39?,41?/m1/s1. The predicted octanol–water partition coefficient (Wildman–Crippen LogP) is 4.87. The van der Waals surface area contributed by atoms with Gasteiger partial charge in [-0.2, -0.15) is 0 Å². The number of carbonyl (C=O) groups is 5. The average Bonchev–Trinajstić information content (AvgIpc) is 4.04. The van der Waals surface area contributed by atoms with E-state index in [1.807, 2.05) is 6.92 Å². The summed E-state index contributed by atoms with van der Waals surface area (Å²) < 4.78 is 25.8. The van der Waals surface area contributed by atoms with E-state index in [0.29, 0.717) is 38.1 Å². The lowest BCUT2D eigenvalue weighted by atomic mass is 9.70. The van der Waals surface area contributed by atoms with E-state index in [2.05, 4.69) is 53.9 Å². The first-order chi connectivity index (χ1) is 25.1. The van der Waals surface area contributed by atoms with Gasteiger partial charge < -0.3 is 26.6 Å². The highest BCUT2D eigenvalue weighted by atomic mass is 32.2. The van der Waals surface area contributed by atoms with Gasteiger partial charge in [-0.1, -0.05) is 85.1 Å². The van der Waals surface area contributed by atoms with Crippen LogP contribution in [-0.2, 0) is 29.0 Å². The van der Waals surface area contributed by atoms with Crippen LogP contribution in [0.15, 0.2) is 12.7 Å². The number of amides is 5. The molecule has 12 nitrogen and oxygen atoms in total. The van der Waals surface area contributed by atoms with Crippen LogP contribution in [0.25, 0.3) is 0 Å². The van der Waals surface area contributed by atoms with E-state index >= 15 is 0 Å². The molecule has 0 aromatic heterocycles. The Balaban J connectivity index is 1.26. The summed E-state index contributed by atoms with van der Waals surface area (Å²) >= 11 is 0. The van der Waals surface area contributed by atoms with Gasteiger partial charge in [-0.3, -0.25) is 19.2 Å². The second-order valence-electron chi connectivity index (χ2n) is 19.5. The molecule has 54 heavy (non-hydrogen) atoms. The van der Waals surface area contributed by atoms with Gasteiger partial charge in [0.2, 0.25) is 17.6 Å². The van der Waals surface area contributed by atoms with Crippen LogP contribution in [0.2, 0.25) is 0 Å². The van der Waals surface area contributed by atoms with Crippen LogP contribution >= 0.6 is 0 Å². The first-order valence-corrected chi connectivity index (χ1v) is 22.1. The highest BCUT2D eigenvalue weighted by Gasteiger charge is 2.89. The molecule has 0 saturated heterocycles. The van der Waals surface area contributed by atoms with Crippen molar-refractivity contribution in [3.05, 3.63) is 12.7 Å². The number of hydrogen-bond donors (Lipinski definition) is 5. The lowest BCUT2D eigenvalue weighted by Crippen LogP contribution is -2.63. The normalized spacial score (nSPS) is 29.1. The van der Waals surface area contributed by atoms with Gasteiger partial charge in [-0.25, -0.2) is 13.2 Å². The smallest absolute Gasteiger partial charge is 0.315 e. The molecule has 304 valence electrons. The summed E-state index contributed by atoms with van der Waals surface area (Å²) in [5.41, 5.74) is -2.80. The predicted molar refractivity (Wildman–Crippen MR) is 209 cm³/mol. The molecule has 0 bridgehead atoms. The number of nitrogens with one attached hydrogen (secondary N) is 5. The fourth-order valence-corrected chi connectivity index (χ4v) is 11.8. The van der Waals surface area contributed by atoms with Gasteiger partial charge in [0.15, 0.2) is 9.84 Å². The molecule has 0 aromatic carbocycles. The van der Waals surface area contributed by atoms with E-state index in [0.717, 1.165) is 64.2 Å². The van der Waals surface area contributed by atoms with Gasteiger partial charge in [0.25, 0.3) is 5.91 Å². The third-order valence-corrected chi connectivity index (χ3v) is 17.1. The molecule has 4 unspecified atom stereocenters. The van der Waals surface area contributed by atoms with Crippen LogP contribution in [0, 0.1) is 33.5 Å². The first-order valence-electron chi connectivity index (χ1n) is 20.4. The van der Waals surface area contributed by atoms with Crippen molar-refractivity contribution in [3.63, 3.8) is 0 Å². The molecule has 5 atom stereocenters. The van der Waals surface area contributed by atoms with Crippen molar-refractivity contribution in [2.45, 2.75) is 161 Å². The Morgan fingerprint density at radius 2 is 1.44 bits per heavy atom. The van der Waals surface area contributed by atoms with Crippen LogP contribution in [0.1, 0.15) is 138 Å². The van der Waals surface area contributed by atoms with Crippen molar-refractivity contribution in [2.75, 3.05) is 18.8 Å². The summed E-state index contributed by atoms with van der Waals surface area (Å²) in [6.07, 6.45) is 12.7. The summed E-state index contributed by atoms with van der Waals surface area (Å²) in [6, 6.07) is -2.23. The maximum Gasteiger partial charge on any atom is 0.315 e. The molecule has 13 heteroatoms. The maximum absolute atomic E-state index is 14.2. The van der Waals surface area contributed by atoms with E-state index in [4.69, 9.17) is 0 Å². The molecular weight excluding hydrogens is 707 g/mol. The second-order valence-corrected chi connectivity index (χ2v) is 22.3. The molecule has 5 N–H and O–H groups in total. The number of carbonyl (C=O) groups excluding carboxylic acids is 5. The van der Waals surface area contributed by atoms with Crippen molar-refractivity contribution in [2.24, 2.45) is 33.5 Å². The molecule has 1 spiro atoms. The highest BCUT2D eigenvalue weighted by molar-refractivity contribution is 7.92. The minimum Gasteiger partial charge on any atom is -0.354 e. The summed E-state index contributed by atoms with van der Waals surface area (Å²) in [7, 11) is -3.53. The van der Waals surface area contributed by atoms with Gasteiger partial charge in [0.05, 0.1) is 27.5 Å². The molecule has 0 heterocycles. The first kappa shape index (κ1) is 42.2. The molecule has 0 aromatic rings. The third kappa shape index (κ3) is 8.26. The fourth-order valence-electron chi connectivity index (χ4n) is 10.3. The zero-order valence-electron chi connectivity index (χ0n) is 33.9. The summed E-state index contributed by atoms with van der Waals surface area (Å²) in [5.74, 6) is -1.73. The van der Waals surface area contributed by atoms with E-state index < -0.39 is 60.8 Å². The number of sulfone groups is 1. The highest BCUT2D eigenvalue weighted by Crippen LogP contribution is 2.90. The molecular formula is C41H67N5O7S. The second kappa shape index (κ2) is 15.2. The fraction of sp³-hybridized carbons (Fsp3) is 0.829. The molecule has 0 aliphatic heterocycles. The molecule has 5 aliphatic rings. The SMILES string of the molecule is C=CCNC(=O)C(=O)C(CC1CC1)NC(=O)C1(C)CC12C(CNC(=O)[C@@H](NC(=O)NC1(CS(=O)(=O)C(C)(C)C)CCCCC1)C1(C)CCCCC1)C2(C)C. The summed E-state index contributed by atoms with van der Waals surface area (Å²) in [5, 5.41) is 14.8. The number of rotatable bonds is 16. The van der Waals surface area contributed by atoms with Crippen LogP contribution in [-0.4, -0.2) is 79.2 Å². The van der Waals surface area contributed by atoms with Crippen LogP contribution in [0.3, 0.4) is 0 Å². The largest absolute Gasteiger partial charge is 0.354 e. The molecule has 5 saturated carbocycles. The van der Waals surface area contributed by atoms with Crippen molar-refractivity contribution in [3.8, 4) is 0 Å². The zero-order valence-corrected chi connectivity index (χ0v) is 34.7. The summed E-state index contributed by atoms with van der Waals surface area (Å²) in [4.78, 5) is 67.7. The third-order valence-electron chi connectivity index (χ3n) is 14.3. The van der Waals surface area contributed by atoms with Gasteiger partial charge in [0, 0.05) is 13.1 Å². The van der Waals surface area contributed by atoms with Crippen molar-refractivity contribution in [1.29, 1.82) is 0 Å². The van der Waals surface area contributed by atoms with E-state index in [-0.39, 0.29) is 40.9 Å². The van der Waals surface area contributed by atoms with Gasteiger partial charge in [0.1, 0.15) is 6.04 Å². The van der Waals surface area contributed by atoms with Crippen LogP contribution in [0.4, 0.5) is 4.79 Å². The van der Waals surface area contributed by atoms with Crippen LogP contribution < -0.4 is 26.6 Å². The number of urea groups is 1. The van der Waals surface area contributed by atoms with E-state index in [1.54, 1.807) is 20.8 Å². The van der Waals surface area contributed by atoms with Gasteiger partial charge in [-0.05, 0) is 87.4 Å². The Bertz CT molecular complexity index is 1600.